The van der Waals surface area contributed by atoms with Crippen molar-refractivity contribution >= 4 is 11.8 Å². The molecule has 0 radical (unpaired) electrons. The SMILES string of the molecule is C=C(C)CCC(NC)c1ccc(SCC)cc1. The summed E-state index contributed by atoms with van der Waals surface area (Å²) in [5.41, 5.74) is 2.62. The molecule has 0 fully saturated rings. The second kappa shape index (κ2) is 7.57. The zero-order chi connectivity index (χ0) is 12.7. The van der Waals surface area contributed by atoms with E-state index in [9.17, 15) is 0 Å². The first kappa shape index (κ1) is 14.3. The van der Waals surface area contributed by atoms with Gasteiger partial charge in [0.05, 0.1) is 0 Å². The summed E-state index contributed by atoms with van der Waals surface area (Å²) in [6.45, 7) is 8.24. The highest BCUT2D eigenvalue weighted by Crippen LogP contribution is 2.23. The Balaban J connectivity index is 2.64. The van der Waals surface area contributed by atoms with Crippen molar-refractivity contribution in [1.29, 1.82) is 0 Å². The van der Waals surface area contributed by atoms with Gasteiger partial charge in [0.1, 0.15) is 0 Å². The van der Waals surface area contributed by atoms with Crippen LogP contribution in [0.4, 0.5) is 0 Å². The van der Waals surface area contributed by atoms with E-state index in [0.717, 1.165) is 18.6 Å². The molecule has 1 nitrogen and oxygen atoms in total. The van der Waals surface area contributed by atoms with E-state index in [1.165, 1.54) is 16.0 Å². The topological polar surface area (TPSA) is 12.0 Å². The Morgan fingerprint density at radius 2 is 2.00 bits per heavy atom. The van der Waals surface area contributed by atoms with E-state index in [-0.39, 0.29) is 0 Å². The molecule has 0 saturated carbocycles. The molecule has 0 aliphatic rings. The van der Waals surface area contributed by atoms with Crippen molar-refractivity contribution in [2.24, 2.45) is 0 Å². The predicted octanol–water partition coefficient (Wildman–Crippen LogP) is 4.42. The number of hydrogen-bond donors (Lipinski definition) is 1. The number of thioether (sulfide) groups is 1. The quantitative estimate of drug-likeness (QED) is 0.567. The second-order valence-corrected chi connectivity index (χ2v) is 5.68. The fourth-order valence-electron chi connectivity index (χ4n) is 1.83. The van der Waals surface area contributed by atoms with Gasteiger partial charge in [-0.25, -0.2) is 0 Å². The highest BCUT2D eigenvalue weighted by Gasteiger charge is 2.08. The molecule has 0 bridgehead atoms. The Hall–Kier alpha value is -0.730. The molecule has 1 atom stereocenters. The summed E-state index contributed by atoms with van der Waals surface area (Å²) in [6, 6.07) is 9.34. The van der Waals surface area contributed by atoms with Crippen molar-refractivity contribution < 1.29 is 0 Å². The van der Waals surface area contributed by atoms with Gasteiger partial charge < -0.3 is 5.32 Å². The first-order chi connectivity index (χ1) is 8.17. The molecule has 1 N–H and O–H groups in total. The van der Waals surface area contributed by atoms with Gasteiger partial charge in [-0.1, -0.05) is 24.6 Å². The van der Waals surface area contributed by atoms with Gasteiger partial charge in [-0.3, -0.25) is 0 Å². The average molecular weight is 249 g/mol. The lowest BCUT2D eigenvalue weighted by Crippen LogP contribution is -2.16. The molecule has 0 saturated heterocycles. The van der Waals surface area contributed by atoms with Crippen molar-refractivity contribution in [2.75, 3.05) is 12.8 Å². The zero-order valence-corrected chi connectivity index (χ0v) is 11.9. The molecule has 0 aliphatic heterocycles. The van der Waals surface area contributed by atoms with Crippen molar-refractivity contribution in [1.82, 2.24) is 5.32 Å². The van der Waals surface area contributed by atoms with E-state index in [1.807, 2.05) is 18.8 Å². The summed E-state index contributed by atoms with van der Waals surface area (Å²) in [5.74, 6) is 1.13. The first-order valence-electron chi connectivity index (χ1n) is 6.21. The molecule has 0 aliphatic carbocycles. The van der Waals surface area contributed by atoms with E-state index < -0.39 is 0 Å². The molecule has 2 heteroatoms. The average Bonchev–Trinajstić information content (AvgIpc) is 2.32. The lowest BCUT2D eigenvalue weighted by molar-refractivity contribution is 0.548. The van der Waals surface area contributed by atoms with Crippen LogP contribution in [0.3, 0.4) is 0 Å². The minimum absolute atomic E-state index is 0.437. The van der Waals surface area contributed by atoms with Gasteiger partial charge in [0.2, 0.25) is 0 Å². The minimum Gasteiger partial charge on any atom is -0.313 e. The highest BCUT2D eigenvalue weighted by molar-refractivity contribution is 7.99. The van der Waals surface area contributed by atoms with Crippen LogP contribution in [0.2, 0.25) is 0 Å². The van der Waals surface area contributed by atoms with Gasteiger partial charge in [0.15, 0.2) is 0 Å². The number of benzene rings is 1. The van der Waals surface area contributed by atoms with Crippen molar-refractivity contribution in [2.45, 2.75) is 37.6 Å². The fourth-order valence-corrected chi connectivity index (χ4v) is 2.49. The molecular weight excluding hydrogens is 226 g/mol. The summed E-state index contributed by atoms with van der Waals surface area (Å²) in [7, 11) is 2.03. The van der Waals surface area contributed by atoms with Crippen LogP contribution in [0, 0.1) is 0 Å². The van der Waals surface area contributed by atoms with Gasteiger partial charge in [-0.2, -0.15) is 0 Å². The third kappa shape index (κ3) is 4.97. The Morgan fingerprint density at radius 3 is 2.47 bits per heavy atom. The zero-order valence-electron chi connectivity index (χ0n) is 11.1. The van der Waals surface area contributed by atoms with Crippen molar-refractivity contribution in [3.63, 3.8) is 0 Å². The summed E-state index contributed by atoms with van der Waals surface area (Å²) in [5, 5.41) is 3.38. The Kier molecular flexibility index (Phi) is 6.38. The normalized spacial score (nSPS) is 12.4. The van der Waals surface area contributed by atoms with Crippen LogP contribution in [0.5, 0.6) is 0 Å². The fraction of sp³-hybridized carbons (Fsp3) is 0.467. The maximum Gasteiger partial charge on any atom is 0.0320 e. The summed E-state index contributed by atoms with van der Waals surface area (Å²) in [6.07, 6.45) is 2.20. The minimum atomic E-state index is 0.437. The molecule has 94 valence electrons. The van der Waals surface area contributed by atoms with E-state index >= 15 is 0 Å². The maximum absolute atomic E-state index is 3.96. The maximum atomic E-state index is 3.96. The predicted molar refractivity (Wildman–Crippen MR) is 78.7 cm³/mol. The molecule has 1 unspecified atom stereocenters. The second-order valence-electron chi connectivity index (χ2n) is 4.34. The number of allylic oxidation sites excluding steroid dienone is 1. The van der Waals surface area contributed by atoms with Crippen LogP contribution in [0.15, 0.2) is 41.3 Å². The molecule has 17 heavy (non-hydrogen) atoms. The van der Waals surface area contributed by atoms with Gasteiger partial charge in [0, 0.05) is 10.9 Å². The van der Waals surface area contributed by atoms with Crippen LogP contribution in [-0.2, 0) is 0 Å². The van der Waals surface area contributed by atoms with Gasteiger partial charge >= 0.3 is 0 Å². The molecule has 0 amide bonds. The molecule has 1 aromatic carbocycles. The molecule has 0 heterocycles. The number of nitrogens with one attached hydrogen (secondary N) is 1. The van der Waals surface area contributed by atoms with Crippen molar-refractivity contribution in [3.8, 4) is 0 Å². The summed E-state index contributed by atoms with van der Waals surface area (Å²) < 4.78 is 0. The van der Waals surface area contributed by atoms with E-state index in [0.29, 0.717) is 6.04 Å². The Morgan fingerprint density at radius 1 is 1.35 bits per heavy atom. The first-order valence-corrected chi connectivity index (χ1v) is 7.20. The highest BCUT2D eigenvalue weighted by atomic mass is 32.2. The number of hydrogen-bond acceptors (Lipinski definition) is 2. The van der Waals surface area contributed by atoms with Gasteiger partial charge in [0.25, 0.3) is 0 Å². The van der Waals surface area contributed by atoms with Crippen LogP contribution in [-0.4, -0.2) is 12.8 Å². The van der Waals surface area contributed by atoms with Gasteiger partial charge in [-0.05, 0) is 50.3 Å². The van der Waals surface area contributed by atoms with Gasteiger partial charge in [-0.15, -0.1) is 18.3 Å². The summed E-state index contributed by atoms with van der Waals surface area (Å²) >= 11 is 1.89. The van der Waals surface area contributed by atoms with Crippen LogP contribution in [0.1, 0.15) is 38.3 Å². The van der Waals surface area contributed by atoms with Crippen LogP contribution >= 0.6 is 11.8 Å². The largest absolute Gasteiger partial charge is 0.313 e. The standard InChI is InChI=1S/C15H23NS/c1-5-17-14-9-7-13(8-10-14)15(16-4)11-6-12(2)3/h7-10,15-16H,2,5-6,11H2,1,3-4H3. The molecule has 1 rings (SSSR count). The molecule has 0 aromatic heterocycles. The Labute approximate surface area is 110 Å². The Bertz CT molecular complexity index is 342. The summed E-state index contributed by atoms with van der Waals surface area (Å²) in [4.78, 5) is 1.35. The van der Waals surface area contributed by atoms with E-state index in [2.05, 4.69) is 50.0 Å². The van der Waals surface area contributed by atoms with E-state index in [4.69, 9.17) is 0 Å². The van der Waals surface area contributed by atoms with Crippen molar-refractivity contribution in [3.05, 3.63) is 42.0 Å². The number of rotatable bonds is 7. The smallest absolute Gasteiger partial charge is 0.0320 e. The third-order valence-corrected chi connectivity index (χ3v) is 3.70. The third-order valence-electron chi connectivity index (χ3n) is 2.80. The molecular formula is C15H23NS. The molecule has 0 spiro atoms. The lowest BCUT2D eigenvalue weighted by atomic mass is 10.0. The van der Waals surface area contributed by atoms with E-state index in [1.54, 1.807) is 0 Å². The lowest BCUT2D eigenvalue weighted by Gasteiger charge is -2.17. The van der Waals surface area contributed by atoms with Crippen LogP contribution < -0.4 is 5.32 Å². The van der Waals surface area contributed by atoms with Crippen LogP contribution in [0.25, 0.3) is 0 Å². The monoisotopic (exact) mass is 249 g/mol. The molecule has 1 aromatic rings.